The monoisotopic (exact) mass is 438 g/mol. The first-order valence-electron chi connectivity index (χ1n) is 9.33. The molecule has 2 amide bonds. The molecule has 0 saturated carbocycles. The minimum absolute atomic E-state index is 0.0177. The lowest BCUT2D eigenvalue weighted by Crippen LogP contribution is -2.52. The van der Waals surface area contributed by atoms with E-state index in [-0.39, 0.29) is 28.7 Å². The van der Waals surface area contributed by atoms with Crippen LogP contribution in [0.2, 0.25) is 0 Å². The Morgan fingerprint density at radius 1 is 1.26 bits per heavy atom. The molecule has 4 atom stereocenters. The van der Waals surface area contributed by atoms with Crippen LogP contribution in [0.4, 0.5) is 5.69 Å². The van der Waals surface area contributed by atoms with Gasteiger partial charge in [0.15, 0.2) is 0 Å². The number of rotatable bonds is 5. The highest BCUT2D eigenvalue weighted by molar-refractivity contribution is 9.09. The number of nitrogens with one attached hydrogen (secondary N) is 3. The van der Waals surface area contributed by atoms with E-state index in [0.29, 0.717) is 24.6 Å². The van der Waals surface area contributed by atoms with E-state index in [1.54, 1.807) is 36.3 Å². The zero-order chi connectivity index (χ0) is 19.6. The summed E-state index contributed by atoms with van der Waals surface area (Å²) in [5, 5.41) is 2.91. The summed E-state index contributed by atoms with van der Waals surface area (Å²) in [5.41, 5.74) is 6.99. The number of hydrazine groups is 1. The summed E-state index contributed by atoms with van der Waals surface area (Å²) in [4.78, 5) is 27.5. The van der Waals surface area contributed by atoms with Crippen LogP contribution in [0.5, 0.6) is 5.75 Å². The van der Waals surface area contributed by atoms with E-state index in [0.717, 1.165) is 12.2 Å². The molecule has 2 aliphatic rings. The Balaban J connectivity index is 1.65. The Kier molecular flexibility index (Phi) is 6.39. The highest BCUT2D eigenvalue weighted by Gasteiger charge is 2.44. The van der Waals surface area contributed by atoms with Crippen LogP contribution in [0.3, 0.4) is 0 Å². The summed E-state index contributed by atoms with van der Waals surface area (Å²) in [7, 11) is 1.60. The van der Waals surface area contributed by atoms with Gasteiger partial charge in [-0.25, -0.2) is 5.43 Å². The Labute approximate surface area is 168 Å². The van der Waals surface area contributed by atoms with Crippen LogP contribution in [0.1, 0.15) is 26.7 Å². The largest absolute Gasteiger partial charge is 0.497 e. The van der Waals surface area contributed by atoms with E-state index in [9.17, 15) is 9.59 Å². The zero-order valence-electron chi connectivity index (χ0n) is 15.9. The number of nitrogens with zero attached hydrogens (tertiary/aromatic N) is 1. The van der Waals surface area contributed by atoms with Crippen LogP contribution in [-0.2, 0) is 9.59 Å². The minimum atomic E-state index is -0.445. The summed E-state index contributed by atoms with van der Waals surface area (Å²) in [5.74, 6) is 0.921. The van der Waals surface area contributed by atoms with Crippen LogP contribution in [-0.4, -0.2) is 53.3 Å². The number of alkyl halides is 1. The van der Waals surface area contributed by atoms with Gasteiger partial charge in [0, 0.05) is 18.3 Å². The number of benzene rings is 1. The van der Waals surface area contributed by atoms with Crippen LogP contribution < -0.4 is 20.9 Å². The molecule has 0 radical (unpaired) electrons. The van der Waals surface area contributed by atoms with Gasteiger partial charge in [-0.05, 0) is 43.0 Å². The second-order valence-corrected chi connectivity index (χ2v) is 8.45. The summed E-state index contributed by atoms with van der Waals surface area (Å²) < 4.78 is 5.13. The lowest BCUT2D eigenvalue weighted by Gasteiger charge is -2.28. The molecule has 2 fully saturated rings. The average Bonchev–Trinajstić information content (AvgIpc) is 3.28. The Morgan fingerprint density at radius 3 is 2.56 bits per heavy atom. The molecular formula is C19H27BrN4O3. The van der Waals surface area contributed by atoms with Gasteiger partial charge in [0.2, 0.25) is 11.8 Å². The quantitative estimate of drug-likeness (QED) is 0.611. The van der Waals surface area contributed by atoms with Crippen molar-refractivity contribution >= 4 is 33.4 Å². The Morgan fingerprint density at radius 2 is 1.96 bits per heavy atom. The molecule has 0 aromatic heterocycles. The van der Waals surface area contributed by atoms with Gasteiger partial charge in [-0.1, -0.05) is 29.8 Å². The van der Waals surface area contributed by atoms with Gasteiger partial charge in [0.25, 0.3) is 0 Å². The second kappa shape index (κ2) is 8.58. The molecule has 0 spiro atoms. The minimum Gasteiger partial charge on any atom is -0.497 e. The van der Waals surface area contributed by atoms with Crippen molar-refractivity contribution in [3.63, 3.8) is 0 Å². The highest BCUT2D eigenvalue weighted by Crippen LogP contribution is 2.27. The van der Waals surface area contributed by atoms with Crippen molar-refractivity contribution < 1.29 is 14.3 Å². The molecule has 27 heavy (non-hydrogen) atoms. The smallest absolute Gasteiger partial charge is 0.247 e. The third kappa shape index (κ3) is 4.28. The van der Waals surface area contributed by atoms with Crippen LogP contribution in [0, 0.1) is 5.92 Å². The maximum atomic E-state index is 13.1. The van der Waals surface area contributed by atoms with E-state index in [4.69, 9.17) is 4.74 Å². The fourth-order valence-electron chi connectivity index (χ4n) is 3.67. The van der Waals surface area contributed by atoms with E-state index < -0.39 is 6.04 Å². The summed E-state index contributed by atoms with van der Waals surface area (Å²) in [6.07, 6.45) is 1.50. The average molecular weight is 439 g/mol. The molecule has 8 heteroatoms. The molecule has 3 rings (SSSR count). The van der Waals surface area contributed by atoms with Gasteiger partial charge in [-0.2, -0.15) is 0 Å². The predicted octanol–water partition coefficient (Wildman–Crippen LogP) is 1.89. The molecule has 0 bridgehead atoms. The number of hydrogen-bond acceptors (Lipinski definition) is 5. The topological polar surface area (TPSA) is 82.7 Å². The SMILES string of the molecule is COc1ccc(NC(=O)C2CCCN2C(=O)C2NNC(C(C)C)C2Br)cc1. The van der Waals surface area contributed by atoms with Gasteiger partial charge in [0.05, 0.1) is 11.9 Å². The maximum absolute atomic E-state index is 13.1. The van der Waals surface area contributed by atoms with Crippen molar-refractivity contribution in [2.24, 2.45) is 5.92 Å². The zero-order valence-corrected chi connectivity index (χ0v) is 17.5. The van der Waals surface area contributed by atoms with Crippen molar-refractivity contribution in [3.05, 3.63) is 24.3 Å². The second-order valence-electron chi connectivity index (χ2n) is 7.39. The molecule has 1 aromatic rings. The molecule has 4 unspecified atom stereocenters. The first kappa shape index (κ1) is 20.1. The number of halogens is 1. The number of methoxy groups -OCH3 is 1. The molecular weight excluding hydrogens is 412 g/mol. The molecule has 2 heterocycles. The van der Waals surface area contributed by atoms with Crippen molar-refractivity contribution in [2.45, 2.75) is 49.6 Å². The number of carbonyl (C=O) groups is 2. The fraction of sp³-hybridized carbons (Fsp3) is 0.579. The van der Waals surface area contributed by atoms with Crippen molar-refractivity contribution in [2.75, 3.05) is 19.0 Å². The summed E-state index contributed by atoms with van der Waals surface area (Å²) in [6.45, 7) is 4.83. The van der Waals surface area contributed by atoms with Gasteiger partial charge >= 0.3 is 0 Å². The van der Waals surface area contributed by atoms with Crippen molar-refractivity contribution in [1.29, 1.82) is 0 Å². The van der Waals surface area contributed by atoms with E-state index in [1.807, 2.05) is 0 Å². The lowest BCUT2D eigenvalue weighted by atomic mass is 9.99. The molecule has 148 valence electrons. The molecule has 3 N–H and O–H groups in total. The van der Waals surface area contributed by atoms with Gasteiger partial charge < -0.3 is 15.0 Å². The van der Waals surface area contributed by atoms with Crippen LogP contribution >= 0.6 is 15.9 Å². The van der Waals surface area contributed by atoms with E-state index in [2.05, 4.69) is 45.9 Å². The van der Waals surface area contributed by atoms with Gasteiger partial charge in [0.1, 0.15) is 17.8 Å². The number of carbonyl (C=O) groups excluding carboxylic acids is 2. The molecule has 0 aliphatic carbocycles. The predicted molar refractivity (Wildman–Crippen MR) is 108 cm³/mol. The fourth-order valence-corrected chi connectivity index (χ4v) is 4.77. The number of anilines is 1. The number of likely N-dealkylation sites (tertiary alicyclic amines) is 1. The molecule has 1 aromatic carbocycles. The molecule has 2 saturated heterocycles. The van der Waals surface area contributed by atoms with E-state index >= 15 is 0 Å². The third-order valence-electron chi connectivity index (χ3n) is 5.25. The molecule has 7 nitrogen and oxygen atoms in total. The Hall–Kier alpha value is -1.64. The number of ether oxygens (including phenoxy) is 1. The molecule has 2 aliphatic heterocycles. The lowest BCUT2D eigenvalue weighted by molar-refractivity contribution is -0.138. The first-order valence-corrected chi connectivity index (χ1v) is 10.2. The van der Waals surface area contributed by atoms with Crippen molar-refractivity contribution in [3.8, 4) is 5.75 Å². The first-order chi connectivity index (χ1) is 12.9. The maximum Gasteiger partial charge on any atom is 0.247 e. The number of amides is 2. The Bertz CT molecular complexity index is 682. The van der Waals surface area contributed by atoms with Crippen LogP contribution in [0.25, 0.3) is 0 Å². The van der Waals surface area contributed by atoms with Gasteiger partial charge in [-0.15, -0.1) is 0 Å². The highest BCUT2D eigenvalue weighted by atomic mass is 79.9. The third-order valence-corrected chi connectivity index (χ3v) is 6.35. The van der Waals surface area contributed by atoms with E-state index in [1.165, 1.54) is 0 Å². The van der Waals surface area contributed by atoms with Crippen LogP contribution in [0.15, 0.2) is 24.3 Å². The van der Waals surface area contributed by atoms with Gasteiger partial charge in [-0.3, -0.25) is 15.0 Å². The number of hydrogen-bond donors (Lipinski definition) is 3. The summed E-state index contributed by atoms with van der Waals surface area (Å²) in [6, 6.07) is 6.51. The summed E-state index contributed by atoms with van der Waals surface area (Å²) >= 11 is 3.66. The normalized spacial score (nSPS) is 27.8. The van der Waals surface area contributed by atoms with Crippen molar-refractivity contribution in [1.82, 2.24) is 15.8 Å². The standard InChI is InChI=1S/C19H27BrN4O3/c1-11(2)16-15(20)17(23-22-16)19(26)24-10-4-5-14(24)18(25)21-12-6-8-13(27-3)9-7-12/h6-9,11,14-17,22-23H,4-5,10H2,1-3H3,(H,21,25).